The second-order valence-electron chi connectivity index (χ2n) is 5.34. The molecular formula is C17H16FN3O5. The monoisotopic (exact) mass is 361 g/mol. The molecule has 8 nitrogen and oxygen atoms in total. The molecule has 0 unspecified atom stereocenters. The van der Waals surface area contributed by atoms with E-state index < -0.39 is 11.7 Å². The fourth-order valence-electron chi connectivity index (χ4n) is 2.20. The van der Waals surface area contributed by atoms with E-state index in [1.54, 1.807) is 6.92 Å². The van der Waals surface area contributed by atoms with Crippen molar-refractivity contribution in [3.8, 4) is 17.1 Å². The van der Waals surface area contributed by atoms with E-state index in [1.165, 1.54) is 24.5 Å². The molecule has 0 aromatic carbocycles. The quantitative estimate of drug-likeness (QED) is 0.663. The van der Waals surface area contributed by atoms with E-state index in [4.69, 9.17) is 18.8 Å². The molecule has 0 spiro atoms. The molecule has 3 rings (SSSR count). The number of ether oxygens (including phenoxy) is 1. The van der Waals surface area contributed by atoms with Crippen LogP contribution in [0.3, 0.4) is 0 Å². The van der Waals surface area contributed by atoms with Crippen molar-refractivity contribution in [3.63, 3.8) is 0 Å². The smallest absolute Gasteiger partial charge is 0.287 e. The van der Waals surface area contributed by atoms with Crippen LogP contribution in [0.2, 0.25) is 0 Å². The topological polar surface area (TPSA) is 111 Å². The summed E-state index contributed by atoms with van der Waals surface area (Å²) in [5, 5.41) is 15.1. The van der Waals surface area contributed by atoms with Crippen molar-refractivity contribution in [3.05, 3.63) is 53.6 Å². The molecule has 0 aliphatic rings. The van der Waals surface area contributed by atoms with Crippen LogP contribution in [0.5, 0.6) is 5.75 Å². The number of aromatic nitrogens is 2. The number of pyridine rings is 1. The van der Waals surface area contributed by atoms with Crippen LogP contribution in [-0.4, -0.2) is 34.3 Å². The van der Waals surface area contributed by atoms with E-state index in [0.29, 0.717) is 28.5 Å². The number of furan rings is 1. The number of amides is 1. The van der Waals surface area contributed by atoms with E-state index in [2.05, 4.69) is 15.5 Å². The zero-order valence-electron chi connectivity index (χ0n) is 13.9. The van der Waals surface area contributed by atoms with Crippen LogP contribution < -0.4 is 10.1 Å². The average molecular weight is 361 g/mol. The SMILES string of the molecule is Cc1onc(-c2ccc(F)cn2)c1COc1coc(C(=O)NCCO)c1. The van der Waals surface area contributed by atoms with Gasteiger partial charge in [-0.25, -0.2) is 4.39 Å². The zero-order valence-corrected chi connectivity index (χ0v) is 13.9. The fraction of sp³-hybridized carbons (Fsp3) is 0.235. The van der Waals surface area contributed by atoms with Gasteiger partial charge in [0.05, 0.1) is 24.1 Å². The van der Waals surface area contributed by atoms with Gasteiger partial charge in [-0.15, -0.1) is 0 Å². The summed E-state index contributed by atoms with van der Waals surface area (Å²) < 4.78 is 29.0. The Labute approximate surface area is 147 Å². The second kappa shape index (κ2) is 7.79. The van der Waals surface area contributed by atoms with Gasteiger partial charge in [0.25, 0.3) is 5.91 Å². The fourth-order valence-corrected chi connectivity index (χ4v) is 2.20. The number of aliphatic hydroxyl groups excluding tert-OH is 1. The van der Waals surface area contributed by atoms with Gasteiger partial charge in [0.2, 0.25) is 0 Å². The van der Waals surface area contributed by atoms with Crippen molar-refractivity contribution < 1.29 is 28.0 Å². The Kier molecular flexibility index (Phi) is 5.28. The molecule has 3 aromatic rings. The van der Waals surface area contributed by atoms with Gasteiger partial charge in [-0.05, 0) is 19.1 Å². The summed E-state index contributed by atoms with van der Waals surface area (Å²) in [5.74, 6) is 0.0487. The van der Waals surface area contributed by atoms with E-state index in [1.807, 2.05) is 0 Å². The highest BCUT2D eigenvalue weighted by molar-refractivity contribution is 5.91. The molecule has 0 bridgehead atoms. The number of carbonyl (C=O) groups is 1. The number of rotatable bonds is 7. The van der Waals surface area contributed by atoms with Crippen molar-refractivity contribution in [2.75, 3.05) is 13.2 Å². The van der Waals surface area contributed by atoms with E-state index in [-0.39, 0.29) is 25.5 Å². The van der Waals surface area contributed by atoms with Gasteiger partial charge in [0.15, 0.2) is 11.5 Å². The largest absolute Gasteiger partial charge is 0.485 e. The third-order valence-electron chi connectivity index (χ3n) is 3.53. The Morgan fingerprint density at radius 1 is 1.42 bits per heavy atom. The molecule has 0 aliphatic heterocycles. The maximum absolute atomic E-state index is 13.0. The summed E-state index contributed by atoms with van der Waals surface area (Å²) in [6.07, 6.45) is 2.39. The van der Waals surface area contributed by atoms with Crippen molar-refractivity contribution in [1.82, 2.24) is 15.5 Å². The molecular weight excluding hydrogens is 345 g/mol. The van der Waals surface area contributed by atoms with Gasteiger partial charge in [-0.1, -0.05) is 5.16 Å². The Morgan fingerprint density at radius 2 is 2.27 bits per heavy atom. The first-order chi connectivity index (χ1) is 12.6. The van der Waals surface area contributed by atoms with Crippen molar-refractivity contribution >= 4 is 5.91 Å². The number of aliphatic hydroxyl groups is 1. The number of hydrogen-bond acceptors (Lipinski definition) is 7. The number of nitrogens with zero attached hydrogens (tertiary/aromatic N) is 2. The molecule has 9 heteroatoms. The Bertz CT molecular complexity index is 888. The van der Waals surface area contributed by atoms with Crippen LogP contribution >= 0.6 is 0 Å². The number of hydrogen-bond donors (Lipinski definition) is 2. The lowest BCUT2D eigenvalue weighted by molar-refractivity contribution is 0.0917. The van der Waals surface area contributed by atoms with Crippen LogP contribution in [0.15, 0.2) is 39.6 Å². The highest BCUT2D eigenvalue weighted by atomic mass is 19.1. The first-order valence-electron chi connectivity index (χ1n) is 7.76. The van der Waals surface area contributed by atoms with E-state index in [0.717, 1.165) is 6.20 Å². The zero-order chi connectivity index (χ0) is 18.5. The lowest BCUT2D eigenvalue weighted by Gasteiger charge is -2.04. The van der Waals surface area contributed by atoms with Gasteiger partial charge in [-0.3, -0.25) is 9.78 Å². The summed E-state index contributed by atoms with van der Waals surface area (Å²) in [6.45, 7) is 1.79. The molecule has 0 saturated carbocycles. The summed E-state index contributed by atoms with van der Waals surface area (Å²) in [6, 6.07) is 4.22. The molecule has 3 aromatic heterocycles. The summed E-state index contributed by atoms with van der Waals surface area (Å²) in [7, 11) is 0. The highest BCUT2D eigenvalue weighted by Gasteiger charge is 2.18. The normalized spacial score (nSPS) is 10.7. The molecule has 0 saturated heterocycles. The number of halogens is 1. The van der Waals surface area contributed by atoms with Gasteiger partial charge < -0.3 is 24.1 Å². The molecule has 3 heterocycles. The number of aryl methyl sites for hydroxylation is 1. The van der Waals surface area contributed by atoms with Crippen LogP contribution in [-0.2, 0) is 6.61 Å². The van der Waals surface area contributed by atoms with Crippen LogP contribution in [0.1, 0.15) is 21.9 Å². The number of nitrogens with one attached hydrogen (secondary N) is 1. The molecule has 26 heavy (non-hydrogen) atoms. The molecule has 0 fully saturated rings. The van der Waals surface area contributed by atoms with Crippen LogP contribution in [0.4, 0.5) is 4.39 Å². The lowest BCUT2D eigenvalue weighted by atomic mass is 10.1. The summed E-state index contributed by atoms with van der Waals surface area (Å²) >= 11 is 0. The van der Waals surface area contributed by atoms with Gasteiger partial charge >= 0.3 is 0 Å². The Balaban J connectivity index is 1.71. The summed E-state index contributed by atoms with van der Waals surface area (Å²) in [4.78, 5) is 15.7. The van der Waals surface area contributed by atoms with Crippen molar-refractivity contribution in [1.29, 1.82) is 0 Å². The van der Waals surface area contributed by atoms with Gasteiger partial charge in [-0.2, -0.15) is 0 Å². The predicted octanol–water partition coefficient (Wildman–Crippen LogP) is 2.08. The molecule has 1 amide bonds. The third kappa shape index (κ3) is 3.89. The first kappa shape index (κ1) is 17.6. The predicted molar refractivity (Wildman–Crippen MR) is 86.9 cm³/mol. The minimum Gasteiger partial charge on any atom is -0.485 e. The van der Waals surface area contributed by atoms with E-state index >= 15 is 0 Å². The summed E-state index contributed by atoms with van der Waals surface area (Å²) in [5.41, 5.74) is 1.56. The molecule has 0 aliphatic carbocycles. The van der Waals surface area contributed by atoms with Gasteiger partial charge in [0.1, 0.15) is 30.1 Å². The van der Waals surface area contributed by atoms with E-state index in [9.17, 15) is 9.18 Å². The van der Waals surface area contributed by atoms with Gasteiger partial charge in [0, 0.05) is 12.6 Å². The highest BCUT2D eigenvalue weighted by Crippen LogP contribution is 2.26. The standard InChI is InChI=1S/C17H16FN3O5/c1-10-13(16(21-26-10)14-3-2-11(18)7-20-14)9-24-12-6-15(25-8-12)17(23)19-4-5-22/h2-3,6-8,22H,4-5,9H2,1H3,(H,19,23). The average Bonchev–Trinajstić information content (AvgIpc) is 3.25. The van der Waals surface area contributed by atoms with Crippen molar-refractivity contribution in [2.24, 2.45) is 0 Å². The van der Waals surface area contributed by atoms with Crippen molar-refractivity contribution in [2.45, 2.75) is 13.5 Å². The third-order valence-corrected chi connectivity index (χ3v) is 3.53. The van der Waals surface area contributed by atoms with Crippen LogP contribution in [0, 0.1) is 12.7 Å². The molecule has 0 radical (unpaired) electrons. The second-order valence-corrected chi connectivity index (χ2v) is 5.34. The Hall–Kier alpha value is -3.20. The minimum absolute atomic E-state index is 0.0657. The minimum atomic E-state index is -0.453. The molecule has 2 N–H and O–H groups in total. The molecule has 0 atom stereocenters. The first-order valence-corrected chi connectivity index (χ1v) is 7.76. The Morgan fingerprint density at radius 3 is 3.00 bits per heavy atom. The molecule has 136 valence electrons. The lowest BCUT2D eigenvalue weighted by Crippen LogP contribution is -2.25. The maximum Gasteiger partial charge on any atom is 0.287 e. The maximum atomic E-state index is 13.0. The van der Waals surface area contributed by atoms with Crippen LogP contribution in [0.25, 0.3) is 11.4 Å². The number of carbonyl (C=O) groups excluding carboxylic acids is 1.